The first-order chi connectivity index (χ1) is 19.7. The smallest absolute Gasteiger partial charge is 0.0491 e. The maximum absolute atomic E-state index is 5.94. The number of fused-ring (bicyclic) bond motifs is 5. The highest BCUT2D eigenvalue weighted by Gasteiger charge is 2.60. The van der Waals surface area contributed by atoms with Gasteiger partial charge < -0.3 is 16.2 Å². The third-order valence-electron chi connectivity index (χ3n) is 12.9. The van der Waals surface area contributed by atoms with Crippen LogP contribution in [0, 0.1) is 52.3 Å². The first kappa shape index (κ1) is 32.7. The SMILES string of the molecule is CCCCCOCC(C)CCC[C@@H](C)[C@H]1CC[C@H]2[C@@H]3CCC4CCCC[C@]4(C)[C@H]3CC[C@]12C.Nc1cccc(N)c1. The van der Waals surface area contributed by atoms with Gasteiger partial charge in [-0.15, -0.1) is 0 Å². The van der Waals surface area contributed by atoms with Crippen LogP contribution in [0.4, 0.5) is 11.4 Å². The van der Waals surface area contributed by atoms with E-state index in [-0.39, 0.29) is 0 Å². The Hall–Kier alpha value is -1.22. The van der Waals surface area contributed by atoms with E-state index in [0.29, 0.717) is 22.2 Å². The first-order valence-corrected chi connectivity index (χ1v) is 17.9. The van der Waals surface area contributed by atoms with Gasteiger partial charge in [0.2, 0.25) is 0 Å². The van der Waals surface area contributed by atoms with Gasteiger partial charge in [-0.3, -0.25) is 0 Å². The van der Waals surface area contributed by atoms with Gasteiger partial charge in [-0.05, 0) is 135 Å². The molecule has 4 fully saturated rings. The van der Waals surface area contributed by atoms with E-state index in [0.717, 1.165) is 54.6 Å². The molecule has 0 radical (unpaired) electrons. The van der Waals surface area contributed by atoms with Crippen LogP contribution in [0.15, 0.2) is 24.3 Å². The molecule has 1 aromatic rings. The predicted octanol–water partition coefficient (Wildman–Crippen LogP) is 10.5. The zero-order valence-electron chi connectivity index (χ0n) is 27.6. The second-order valence-electron chi connectivity index (χ2n) is 15.6. The van der Waals surface area contributed by atoms with Crippen LogP contribution in [-0.4, -0.2) is 13.2 Å². The quantitative estimate of drug-likeness (QED) is 0.207. The molecule has 4 aliphatic rings. The minimum absolute atomic E-state index is 0.645. The lowest BCUT2D eigenvalue weighted by molar-refractivity contribution is -0.114. The van der Waals surface area contributed by atoms with Crippen molar-refractivity contribution in [3.8, 4) is 0 Å². The van der Waals surface area contributed by atoms with Crippen LogP contribution in [-0.2, 0) is 4.74 Å². The Balaban J connectivity index is 0.000000417. The molecule has 4 saturated carbocycles. The molecule has 5 rings (SSSR count). The van der Waals surface area contributed by atoms with Crippen LogP contribution in [0.5, 0.6) is 0 Å². The summed E-state index contributed by atoms with van der Waals surface area (Å²) in [6.07, 6.45) is 23.5. The molecule has 9 atom stereocenters. The van der Waals surface area contributed by atoms with Crippen LogP contribution in [0.25, 0.3) is 0 Å². The van der Waals surface area contributed by atoms with E-state index in [9.17, 15) is 0 Å². The van der Waals surface area contributed by atoms with E-state index < -0.39 is 0 Å². The number of hydrogen-bond acceptors (Lipinski definition) is 3. The zero-order valence-corrected chi connectivity index (χ0v) is 27.6. The molecule has 0 spiro atoms. The molecule has 0 aliphatic heterocycles. The largest absolute Gasteiger partial charge is 0.399 e. The van der Waals surface area contributed by atoms with Crippen molar-refractivity contribution < 1.29 is 4.74 Å². The van der Waals surface area contributed by atoms with Gasteiger partial charge in [-0.2, -0.15) is 0 Å². The standard InChI is InChI=1S/C32H58O.C6H8N2/c1-6-7-10-22-33-23-24(2)12-11-13-25(3)28-17-18-29-27-16-15-26-14-8-9-20-31(26,4)30(27)19-21-32(28,29)5;7-5-2-1-3-6(8)4-5/h24-30H,6-23H2,1-5H3;1-4H,7-8H2/t24?,25-,26?,27+,28-,29+,30+,31+,32-;/m1./s1. The van der Waals surface area contributed by atoms with E-state index in [1.807, 2.05) is 6.07 Å². The number of benzene rings is 1. The minimum atomic E-state index is 0.645. The van der Waals surface area contributed by atoms with Gasteiger partial charge in [0.1, 0.15) is 0 Å². The lowest BCUT2D eigenvalue weighted by Gasteiger charge is -2.61. The van der Waals surface area contributed by atoms with Crippen molar-refractivity contribution in [2.75, 3.05) is 24.7 Å². The highest BCUT2D eigenvalue weighted by Crippen LogP contribution is 2.68. The molecular weight excluding hydrogens is 500 g/mol. The Morgan fingerprint density at radius 2 is 1.59 bits per heavy atom. The predicted molar refractivity (Wildman–Crippen MR) is 178 cm³/mol. The molecule has 1 aromatic carbocycles. The lowest BCUT2D eigenvalue weighted by atomic mass is 9.44. The molecular formula is C38H66N2O. The van der Waals surface area contributed by atoms with Gasteiger partial charge in [0, 0.05) is 24.6 Å². The number of unbranched alkanes of at least 4 members (excludes halogenated alkanes) is 2. The highest BCUT2D eigenvalue weighted by atomic mass is 16.5. The summed E-state index contributed by atoms with van der Waals surface area (Å²) in [5.74, 6) is 6.85. The van der Waals surface area contributed by atoms with Crippen molar-refractivity contribution in [2.24, 2.45) is 52.3 Å². The van der Waals surface area contributed by atoms with Gasteiger partial charge in [-0.25, -0.2) is 0 Å². The number of anilines is 2. The molecule has 234 valence electrons. The summed E-state index contributed by atoms with van der Waals surface area (Å²) in [5.41, 5.74) is 13.5. The van der Waals surface area contributed by atoms with Gasteiger partial charge in [-0.1, -0.05) is 79.2 Å². The van der Waals surface area contributed by atoms with Crippen LogP contribution in [0.2, 0.25) is 0 Å². The van der Waals surface area contributed by atoms with E-state index >= 15 is 0 Å². The third kappa shape index (κ3) is 7.84. The average Bonchev–Trinajstić information content (AvgIpc) is 3.30. The zero-order chi connectivity index (χ0) is 29.5. The fraction of sp³-hybridized carbons (Fsp3) is 0.842. The molecule has 4 aliphatic carbocycles. The Kier molecular flexibility index (Phi) is 11.9. The first-order valence-electron chi connectivity index (χ1n) is 17.9. The van der Waals surface area contributed by atoms with Crippen LogP contribution in [0.1, 0.15) is 137 Å². The Morgan fingerprint density at radius 1 is 0.829 bits per heavy atom. The van der Waals surface area contributed by atoms with Gasteiger partial charge in [0.25, 0.3) is 0 Å². The Labute approximate surface area is 254 Å². The van der Waals surface area contributed by atoms with Crippen molar-refractivity contribution in [2.45, 2.75) is 137 Å². The molecule has 3 nitrogen and oxygen atoms in total. The van der Waals surface area contributed by atoms with Crippen molar-refractivity contribution in [3.05, 3.63) is 24.3 Å². The molecule has 4 N–H and O–H groups in total. The maximum Gasteiger partial charge on any atom is 0.0491 e. The third-order valence-corrected chi connectivity index (χ3v) is 12.9. The summed E-state index contributed by atoms with van der Waals surface area (Å²) in [6, 6.07) is 7.15. The second kappa shape index (κ2) is 15.0. The van der Waals surface area contributed by atoms with Gasteiger partial charge in [0.15, 0.2) is 0 Å². The summed E-state index contributed by atoms with van der Waals surface area (Å²) >= 11 is 0. The monoisotopic (exact) mass is 567 g/mol. The lowest BCUT2D eigenvalue weighted by Crippen LogP contribution is -2.53. The summed E-state index contributed by atoms with van der Waals surface area (Å²) in [5, 5.41) is 0. The molecule has 0 amide bonds. The van der Waals surface area contributed by atoms with E-state index in [1.54, 1.807) is 56.7 Å². The Morgan fingerprint density at radius 3 is 2.29 bits per heavy atom. The summed E-state index contributed by atoms with van der Waals surface area (Å²) < 4.78 is 5.94. The van der Waals surface area contributed by atoms with Crippen LogP contribution < -0.4 is 11.5 Å². The van der Waals surface area contributed by atoms with Gasteiger partial charge >= 0.3 is 0 Å². The fourth-order valence-electron chi connectivity index (χ4n) is 10.6. The normalized spacial score (nSPS) is 35.8. The highest BCUT2D eigenvalue weighted by molar-refractivity contribution is 5.50. The van der Waals surface area contributed by atoms with Crippen LogP contribution in [0.3, 0.4) is 0 Å². The van der Waals surface area contributed by atoms with Crippen molar-refractivity contribution in [3.63, 3.8) is 0 Å². The van der Waals surface area contributed by atoms with Crippen molar-refractivity contribution >= 4 is 11.4 Å². The van der Waals surface area contributed by atoms with Crippen LogP contribution >= 0.6 is 0 Å². The number of rotatable bonds is 11. The fourth-order valence-corrected chi connectivity index (χ4v) is 10.6. The molecule has 0 bridgehead atoms. The molecule has 3 heteroatoms. The summed E-state index contributed by atoms with van der Waals surface area (Å²) in [7, 11) is 0. The van der Waals surface area contributed by atoms with Crippen molar-refractivity contribution in [1.82, 2.24) is 0 Å². The molecule has 2 unspecified atom stereocenters. The number of nitrogen functional groups attached to an aromatic ring is 2. The maximum atomic E-state index is 5.94. The number of nitrogens with two attached hydrogens (primary N) is 2. The van der Waals surface area contributed by atoms with Gasteiger partial charge in [0.05, 0.1) is 0 Å². The van der Waals surface area contributed by atoms with E-state index in [4.69, 9.17) is 16.2 Å². The summed E-state index contributed by atoms with van der Waals surface area (Å²) in [4.78, 5) is 0. The molecule has 41 heavy (non-hydrogen) atoms. The van der Waals surface area contributed by atoms with E-state index in [2.05, 4.69) is 34.6 Å². The Bertz CT molecular complexity index is 900. The molecule has 0 aromatic heterocycles. The number of hydrogen-bond donors (Lipinski definition) is 2. The van der Waals surface area contributed by atoms with E-state index in [1.165, 1.54) is 64.2 Å². The minimum Gasteiger partial charge on any atom is -0.399 e. The molecule has 0 heterocycles. The average molecular weight is 567 g/mol. The molecule has 0 saturated heterocycles. The van der Waals surface area contributed by atoms with Crippen molar-refractivity contribution in [1.29, 1.82) is 0 Å². The number of ether oxygens (including phenoxy) is 1. The summed E-state index contributed by atoms with van der Waals surface area (Å²) in [6.45, 7) is 14.7. The topological polar surface area (TPSA) is 61.3 Å². The second-order valence-corrected chi connectivity index (χ2v) is 15.6.